The van der Waals surface area contributed by atoms with Crippen molar-refractivity contribution in [1.29, 1.82) is 0 Å². The van der Waals surface area contributed by atoms with E-state index in [4.69, 9.17) is 11.6 Å². The van der Waals surface area contributed by atoms with E-state index >= 15 is 0 Å². The van der Waals surface area contributed by atoms with Gasteiger partial charge in [-0.1, -0.05) is 57.5 Å². The third-order valence-electron chi connectivity index (χ3n) is 4.46. The molecule has 0 aromatic heterocycles. The van der Waals surface area contributed by atoms with Crippen LogP contribution in [0.3, 0.4) is 0 Å². The molecule has 2 rings (SSSR count). The number of carbonyl (C=O) groups is 2. The summed E-state index contributed by atoms with van der Waals surface area (Å²) >= 11 is 5.92. The molecule has 5 heteroatoms. The van der Waals surface area contributed by atoms with Crippen LogP contribution in [0.15, 0.2) is 42.5 Å². The maximum absolute atomic E-state index is 12.8. The highest BCUT2D eigenvalue weighted by Gasteiger charge is 2.19. The summed E-state index contributed by atoms with van der Waals surface area (Å²) in [6.45, 7) is 9.80. The molecule has 0 atom stereocenters. The quantitative estimate of drug-likeness (QED) is 0.704. The normalized spacial score (nSPS) is 11.0. The average molecular weight is 387 g/mol. The van der Waals surface area contributed by atoms with Gasteiger partial charge in [-0.2, -0.15) is 0 Å². The molecule has 0 bridgehead atoms. The number of para-hydroxylation sites is 1. The van der Waals surface area contributed by atoms with Crippen LogP contribution in [0.2, 0.25) is 5.02 Å². The van der Waals surface area contributed by atoms with Gasteiger partial charge in [0.2, 0.25) is 11.8 Å². The first-order chi connectivity index (χ1) is 12.7. The van der Waals surface area contributed by atoms with E-state index in [1.807, 2.05) is 18.2 Å². The number of benzene rings is 2. The lowest BCUT2D eigenvalue weighted by Gasteiger charge is -2.23. The Balaban J connectivity index is 2.28. The number of amides is 2. The van der Waals surface area contributed by atoms with E-state index in [1.54, 1.807) is 24.3 Å². The number of anilines is 2. The number of nitrogens with zero attached hydrogens (tertiary/aromatic N) is 1. The Hall–Kier alpha value is -2.33. The SMILES string of the molecule is CC(=O)N(CC(=O)Nc1c(C(C)C)cccc1C(C)C)c1ccc(Cl)cc1. The van der Waals surface area contributed by atoms with Crippen molar-refractivity contribution in [3.05, 3.63) is 58.6 Å². The van der Waals surface area contributed by atoms with Crippen LogP contribution in [0, 0.1) is 0 Å². The Morgan fingerprint density at radius 1 is 0.963 bits per heavy atom. The second-order valence-electron chi connectivity index (χ2n) is 7.25. The summed E-state index contributed by atoms with van der Waals surface area (Å²) in [7, 11) is 0. The van der Waals surface area contributed by atoms with E-state index in [0.717, 1.165) is 16.8 Å². The molecule has 0 aliphatic heterocycles. The van der Waals surface area contributed by atoms with Gasteiger partial charge in [-0.25, -0.2) is 0 Å². The Morgan fingerprint density at radius 3 is 1.93 bits per heavy atom. The molecule has 2 amide bonds. The van der Waals surface area contributed by atoms with Gasteiger partial charge < -0.3 is 10.2 Å². The highest BCUT2D eigenvalue weighted by molar-refractivity contribution is 6.30. The molecular formula is C22H27ClN2O2. The molecule has 0 saturated heterocycles. The third kappa shape index (κ3) is 5.33. The zero-order valence-electron chi connectivity index (χ0n) is 16.5. The van der Waals surface area contributed by atoms with Gasteiger partial charge in [-0.05, 0) is 47.2 Å². The zero-order valence-corrected chi connectivity index (χ0v) is 17.3. The molecule has 0 aliphatic carbocycles. The van der Waals surface area contributed by atoms with Crippen molar-refractivity contribution < 1.29 is 9.59 Å². The van der Waals surface area contributed by atoms with Crippen LogP contribution in [0.5, 0.6) is 0 Å². The average Bonchev–Trinajstić information content (AvgIpc) is 2.60. The fourth-order valence-electron chi connectivity index (χ4n) is 3.02. The van der Waals surface area contributed by atoms with Crippen molar-refractivity contribution in [1.82, 2.24) is 0 Å². The smallest absolute Gasteiger partial charge is 0.244 e. The summed E-state index contributed by atoms with van der Waals surface area (Å²) < 4.78 is 0. The Kier molecular flexibility index (Phi) is 7.03. The minimum Gasteiger partial charge on any atom is -0.324 e. The van der Waals surface area contributed by atoms with Crippen molar-refractivity contribution in [2.45, 2.75) is 46.5 Å². The first-order valence-electron chi connectivity index (χ1n) is 9.17. The van der Waals surface area contributed by atoms with E-state index in [2.05, 4.69) is 33.0 Å². The molecule has 0 spiro atoms. The Bertz CT molecular complexity index is 787. The van der Waals surface area contributed by atoms with Crippen LogP contribution in [0.1, 0.15) is 57.6 Å². The molecule has 2 aromatic carbocycles. The van der Waals surface area contributed by atoms with Crippen LogP contribution in [-0.2, 0) is 9.59 Å². The van der Waals surface area contributed by atoms with Crippen molar-refractivity contribution in [2.24, 2.45) is 0 Å². The van der Waals surface area contributed by atoms with Crippen molar-refractivity contribution in [3.63, 3.8) is 0 Å². The molecular weight excluding hydrogens is 360 g/mol. The molecule has 27 heavy (non-hydrogen) atoms. The highest BCUT2D eigenvalue weighted by Crippen LogP contribution is 2.32. The molecule has 0 unspecified atom stereocenters. The van der Waals surface area contributed by atoms with Gasteiger partial charge >= 0.3 is 0 Å². The molecule has 144 valence electrons. The largest absolute Gasteiger partial charge is 0.324 e. The van der Waals surface area contributed by atoms with Gasteiger partial charge in [-0.3, -0.25) is 9.59 Å². The van der Waals surface area contributed by atoms with Gasteiger partial charge in [0.15, 0.2) is 0 Å². The van der Waals surface area contributed by atoms with Crippen LogP contribution >= 0.6 is 11.6 Å². The van der Waals surface area contributed by atoms with E-state index in [9.17, 15) is 9.59 Å². The fourth-order valence-corrected chi connectivity index (χ4v) is 3.15. The number of hydrogen-bond acceptors (Lipinski definition) is 2. The topological polar surface area (TPSA) is 49.4 Å². The predicted molar refractivity (Wildman–Crippen MR) is 113 cm³/mol. The maximum Gasteiger partial charge on any atom is 0.244 e. The molecule has 1 N–H and O–H groups in total. The molecule has 4 nitrogen and oxygen atoms in total. The minimum atomic E-state index is -0.227. The molecule has 0 fully saturated rings. The zero-order chi connectivity index (χ0) is 20.1. The number of halogens is 1. The number of hydrogen-bond donors (Lipinski definition) is 1. The lowest BCUT2D eigenvalue weighted by Crippen LogP contribution is -2.37. The van der Waals surface area contributed by atoms with E-state index in [-0.39, 0.29) is 30.2 Å². The lowest BCUT2D eigenvalue weighted by atomic mass is 9.92. The molecule has 0 heterocycles. The summed E-state index contributed by atoms with van der Waals surface area (Å²) in [5, 5.41) is 3.63. The summed E-state index contributed by atoms with van der Waals surface area (Å²) in [5.74, 6) is 0.127. The molecule has 2 aromatic rings. The molecule has 0 aliphatic rings. The molecule has 0 radical (unpaired) electrons. The summed E-state index contributed by atoms with van der Waals surface area (Å²) in [6.07, 6.45) is 0. The van der Waals surface area contributed by atoms with E-state index in [0.29, 0.717) is 10.7 Å². The first kappa shape index (κ1) is 21.0. The fraction of sp³-hybridized carbons (Fsp3) is 0.364. The van der Waals surface area contributed by atoms with Crippen molar-refractivity contribution in [2.75, 3.05) is 16.8 Å². The molecule has 0 saturated carbocycles. The standard InChI is InChI=1S/C22H27ClN2O2/c1-14(2)19-7-6-8-20(15(3)4)22(19)24-21(27)13-25(16(5)26)18-11-9-17(23)10-12-18/h6-12,14-15H,13H2,1-5H3,(H,24,27). The van der Waals surface area contributed by atoms with Crippen molar-refractivity contribution in [3.8, 4) is 0 Å². The number of rotatable bonds is 6. The Morgan fingerprint density at radius 2 is 1.48 bits per heavy atom. The maximum atomic E-state index is 12.8. The summed E-state index contributed by atoms with van der Waals surface area (Å²) in [4.78, 5) is 26.3. The van der Waals surface area contributed by atoms with Gasteiger partial charge in [0.05, 0.1) is 0 Å². The monoisotopic (exact) mass is 386 g/mol. The van der Waals surface area contributed by atoms with Gasteiger partial charge in [0, 0.05) is 23.3 Å². The summed E-state index contributed by atoms with van der Waals surface area (Å²) in [6, 6.07) is 13.0. The predicted octanol–water partition coefficient (Wildman–Crippen LogP) is 5.58. The number of carbonyl (C=O) groups excluding carboxylic acids is 2. The second kappa shape index (κ2) is 9.05. The van der Waals surface area contributed by atoms with Crippen LogP contribution in [0.4, 0.5) is 11.4 Å². The van der Waals surface area contributed by atoms with Crippen LogP contribution in [-0.4, -0.2) is 18.4 Å². The van der Waals surface area contributed by atoms with Crippen LogP contribution in [0.25, 0.3) is 0 Å². The number of nitrogens with one attached hydrogen (secondary N) is 1. The van der Waals surface area contributed by atoms with Gasteiger partial charge in [0.1, 0.15) is 6.54 Å². The first-order valence-corrected chi connectivity index (χ1v) is 9.54. The van der Waals surface area contributed by atoms with Crippen molar-refractivity contribution >= 4 is 34.8 Å². The third-order valence-corrected chi connectivity index (χ3v) is 4.71. The van der Waals surface area contributed by atoms with Gasteiger partial charge in [-0.15, -0.1) is 0 Å². The Labute approximate surface area is 166 Å². The lowest BCUT2D eigenvalue weighted by molar-refractivity contribution is -0.120. The van der Waals surface area contributed by atoms with E-state index < -0.39 is 0 Å². The van der Waals surface area contributed by atoms with E-state index in [1.165, 1.54) is 11.8 Å². The highest BCUT2D eigenvalue weighted by atomic mass is 35.5. The summed E-state index contributed by atoms with van der Waals surface area (Å²) in [5.41, 5.74) is 3.68. The van der Waals surface area contributed by atoms with Gasteiger partial charge in [0.25, 0.3) is 0 Å². The van der Waals surface area contributed by atoms with Crippen LogP contribution < -0.4 is 10.2 Å². The minimum absolute atomic E-state index is 0.0546. The second-order valence-corrected chi connectivity index (χ2v) is 7.69.